The molecule has 1 atom stereocenters. The van der Waals surface area contributed by atoms with Crippen LogP contribution in [0.25, 0.3) is 88.6 Å². The lowest BCUT2D eigenvalue weighted by Gasteiger charge is -2.15. The Balaban J connectivity index is 1.21. The molecule has 3 heterocycles. The van der Waals surface area contributed by atoms with Crippen molar-refractivity contribution in [3.8, 4) is 33.9 Å². The van der Waals surface area contributed by atoms with Crippen LogP contribution in [0.3, 0.4) is 0 Å². The van der Waals surface area contributed by atoms with Gasteiger partial charge in [0.1, 0.15) is 28.2 Å². The van der Waals surface area contributed by atoms with Gasteiger partial charge in [-0.05, 0) is 47.0 Å². The third kappa shape index (κ3) is 4.21. The van der Waals surface area contributed by atoms with Crippen LogP contribution in [0.4, 0.5) is 0 Å². The molecular formula is C43H27N3O2. The van der Waals surface area contributed by atoms with E-state index in [9.17, 15) is 0 Å². The lowest BCUT2D eigenvalue weighted by molar-refractivity contribution is 0.669. The number of benzene rings is 6. The van der Waals surface area contributed by atoms with Crippen molar-refractivity contribution in [3.63, 3.8) is 0 Å². The van der Waals surface area contributed by atoms with Crippen molar-refractivity contribution in [2.24, 2.45) is 0 Å². The zero-order valence-corrected chi connectivity index (χ0v) is 25.8. The topological polar surface area (TPSA) is 65.0 Å². The first kappa shape index (κ1) is 26.8. The molecule has 0 fully saturated rings. The third-order valence-electron chi connectivity index (χ3n) is 9.43. The summed E-state index contributed by atoms with van der Waals surface area (Å²) in [5.74, 6) is 2.02. The lowest BCUT2D eigenvalue weighted by atomic mass is 9.98. The van der Waals surface area contributed by atoms with Crippen molar-refractivity contribution in [1.82, 2.24) is 15.0 Å². The van der Waals surface area contributed by atoms with Gasteiger partial charge in [-0.1, -0.05) is 121 Å². The van der Waals surface area contributed by atoms with E-state index in [0.717, 1.165) is 78.4 Å². The highest BCUT2D eigenvalue weighted by atomic mass is 16.3. The van der Waals surface area contributed by atoms with Crippen LogP contribution in [0.15, 0.2) is 154 Å². The van der Waals surface area contributed by atoms with Crippen molar-refractivity contribution in [2.45, 2.75) is 12.3 Å². The Morgan fingerprint density at radius 3 is 2.00 bits per heavy atom. The van der Waals surface area contributed by atoms with E-state index in [2.05, 4.69) is 103 Å². The lowest BCUT2D eigenvalue weighted by Crippen LogP contribution is -2.08. The van der Waals surface area contributed by atoms with Crippen molar-refractivity contribution in [3.05, 3.63) is 151 Å². The Morgan fingerprint density at radius 1 is 0.521 bits per heavy atom. The fourth-order valence-electron chi connectivity index (χ4n) is 7.15. The van der Waals surface area contributed by atoms with E-state index in [1.807, 2.05) is 42.5 Å². The zero-order chi connectivity index (χ0) is 31.6. The van der Waals surface area contributed by atoms with Gasteiger partial charge in [-0.15, -0.1) is 0 Å². The minimum Gasteiger partial charge on any atom is -0.456 e. The molecule has 5 heteroatoms. The van der Waals surface area contributed by atoms with E-state index in [1.54, 1.807) is 0 Å². The molecule has 10 rings (SSSR count). The predicted molar refractivity (Wildman–Crippen MR) is 194 cm³/mol. The first-order valence-corrected chi connectivity index (χ1v) is 16.2. The van der Waals surface area contributed by atoms with Gasteiger partial charge in [0.2, 0.25) is 0 Å². The number of hydrogen-bond acceptors (Lipinski definition) is 5. The molecule has 0 amide bonds. The molecule has 0 saturated carbocycles. The minimum absolute atomic E-state index is 0.0376. The van der Waals surface area contributed by atoms with Gasteiger partial charge in [-0.25, -0.2) is 15.0 Å². The van der Waals surface area contributed by atoms with Crippen LogP contribution in [-0.4, -0.2) is 15.0 Å². The summed E-state index contributed by atoms with van der Waals surface area (Å²) in [6.07, 6.45) is 9.30. The molecule has 0 aliphatic heterocycles. The number of furan rings is 2. The molecule has 0 saturated heterocycles. The quantitative estimate of drug-likeness (QED) is 0.197. The molecule has 0 N–H and O–H groups in total. The molecule has 226 valence electrons. The summed E-state index contributed by atoms with van der Waals surface area (Å²) in [5.41, 5.74) is 7.28. The fourth-order valence-corrected chi connectivity index (χ4v) is 7.15. The Bertz CT molecular complexity index is 2780. The molecule has 0 spiro atoms. The number of para-hydroxylation sites is 2. The summed E-state index contributed by atoms with van der Waals surface area (Å²) in [4.78, 5) is 15.5. The molecule has 6 aromatic carbocycles. The average Bonchev–Trinajstić information content (AvgIpc) is 3.73. The Hall–Kier alpha value is -6.33. The molecule has 1 aliphatic rings. The third-order valence-corrected chi connectivity index (χ3v) is 9.43. The highest BCUT2D eigenvalue weighted by Crippen LogP contribution is 2.42. The van der Waals surface area contributed by atoms with E-state index in [0.29, 0.717) is 11.6 Å². The van der Waals surface area contributed by atoms with Gasteiger partial charge < -0.3 is 8.83 Å². The molecule has 1 unspecified atom stereocenters. The van der Waals surface area contributed by atoms with Crippen LogP contribution in [0.1, 0.15) is 18.2 Å². The molecule has 48 heavy (non-hydrogen) atoms. The molecule has 5 nitrogen and oxygen atoms in total. The van der Waals surface area contributed by atoms with E-state index >= 15 is 0 Å². The molecule has 0 radical (unpaired) electrons. The predicted octanol–water partition coefficient (Wildman–Crippen LogP) is 11.4. The summed E-state index contributed by atoms with van der Waals surface area (Å²) in [6.45, 7) is 0. The van der Waals surface area contributed by atoms with Crippen LogP contribution >= 0.6 is 0 Å². The highest BCUT2D eigenvalue weighted by Gasteiger charge is 2.23. The number of rotatable bonds is 4. The summed E-state index contributed by atoms with van der Waals surface area (Å²) in [6, 6.07) is 41.7. The number of fused-ring (bicyclic) bond motifs is 7. The van der Waals surface area contributed by atoms with E-state index < -0.39 is 0 Å². The number of aromatic nitrogens is 3. The molecule has 1 aliphatic carbocycles. The Kier molecular flexibility index (Phi) is 5.93. The van der Waals surface area contributed by atoms with E-state index in [4.69, 9.17) is 23.8 Å². The monoisotopic (exact) mass is 617 g/mol. The molecule has 9 aromatic rings. The second kappa shape index (κ2) is 10.6. The number of allylic oxidation sites excluding steroid dienone is 4. The maximum Gasteiger partial charge on any atom is 0.164 e. The van der Waals surface area contributed by atoms with Crippen LogP contribution < -0.4 is 0 Å². The maximum atomic E-state index is 6.67. The first-order chi connectivity index (χ1) is 23.8. The molecular weight excluding hydrogens is 590 g/mol. The van der Waals surface area contributed by atoms with Crippen LogP contribution in [0, 0.1) is 0 Å². The van der Waals surface area contributed by atoms with Crippen molar-refractivity contribution in [2.75, 3.05) is 0 Å². The minimum atomic E-state index is 0.0376. The SMILES string of the molecule is C1=CCC(c2nc(-c3cccc4oc5ccccc5c34)nc(-c3cccc4oc5c(-c6ccc7ccccc7c6)cccc5c34)n2)C=C1. The zero-order valence-electron chi connectivity index (χ0n) is 25.8. The van der Waals surface area contributed by atoms with E-state index in [-0.39, 0.29) is 5.92 Å². The van der Waals surface area contributed by atoms with Crippen molar-refractivity contribution >= 4 is 54.6 Å². The number of hydrogen-bond donors (Lipinski definition) is 0. The van der Waals surface area contributed by atoms with Gasteiger partial charge in [0.05, 0.1) is 0 Å². The first-order valence-electron chi connectivity index (χ1n) is 16.2. The van der Waals surface area contributed by atoms with Gasteiger partial charge in [0, 0.05) is 44.2 Å². The summed E-state index contributed by atoms with van der Waals surface area (Å²) in [5, 5.41) is 6.46. The summed E-state index contributed by atoms with van der Waals surface area (Å²) in [7, 11) is 0. The highest BCUT2D eigenvalue weighted by molar-refractivity contribution is 6.15. The van der Waals surface area contributed by atoms with Crippen molar-refractivity contribution < 1.29 is 8.83 Å². The smallest absolute Gasteiger partial charge is 0.164 e. The van der Waals surface area contributed by atoms with E-state index in [1.165, 1.54) is 10.8 Å². The van der Waals surface area contributed by atoms with Gasteiger partial charge in [-0.2, -0.15) is 0 Å². The van der Waals surface area contributed by atoms with Gasteiger partial charge in [0.15, 0.2) is 11.6 Å². The Labute approximate surface area is 275 Å². The number of nitrogens with zero attached hydrogens (tertiary/aromatic N) is 3. The summed E-state index contributed by atoms with van der Waals surface area (Å²) < 4.78 is 12.9. The fraction of sp³-hybridized carbons (Fsp3) is 0.0465. The normalized spacial score (nSPS) is 14.6. The van der Waals surface area contributed by atoms with Crippen LogP contribution in [0.2, 0.25) is 0 Å². The largest absolute Gasteiger partial charge is 0.456 e. The van der Waals surface area contributed by atoms with Crippen LogP contribution in [-0.2, 0) is 0 Å². The van der Waals surface area contributed by atoms with Crippen molar-refractivity contribution in [1.29, 1.82) is 0 Å². The van der Waals surface area contributed by atoms with Gasteiger partial charge >= 0.3 is 0 Å². The van der Waals surface area contributed by atoms with Gasteiger partial charge in [0.25, 0.3) is 0 Å². The summed E-state index contributed by atoms with van der Waals surface area (Å²) >= 11 is 0. The van der Waals surface area contributed by atoms with Crippen LogP contribution in [0.5, 0.6) is 0 Å². The van der Waals surface area contributed by atoms with Gasteiger partial charge in [-0.3, -0.25) is 0 Å². The molecule has 3 aromatic heterocycles. The Morgan fingerprint density at radius 2 is 1.19 bits per heavy atom. The standard InChI is InChI=1S/C43H27N3O2/c1-2-12-27(13-3-1)41-44-42(33-18-9-21-36-38(33)31-15-6-7-20-35(31)47-36)46-43(45-41)34-19-10-22-37-39(34)32-17-8-16-30(40(32)48-37)29-24-23-26-11-4-5-14-28(26)25-29/h1-12,14-25,27H,13H2. The second-order valence-electron chi connectivity index (χ2n) is 12.3. The average molecular weight is 618 g/mol. The second-order valence-corrected chi connectivity index (χ2v) is 12.3. The molecule has 0 bridgehead atoms. The maximum absolute atomic E-state index is 6.67.